The molecule has 1 aromatic rings. The minimum absolute atomic E-state index is 0.0311. The third-order valence-corrected chi connectivity index (χ3v) is 6.69. The lowest BCUT2D eigenvalue weighted by atomic mass is 9.81. The second-order valence-electron chi connectivity index (χ2n) is 8.73. The largest absolute Gasteiger partial charge is 0.396 e. The molecule has 2 fully saturated rings. The van der Waals surface area contributed by atoms with E-state index in [1.807, 2.05) is 48.3 Å². The zero-order valence-corrected chi connectivity index (χ0v) is 19.4. The van der Waals surface area contributed by atoms with E-state index < -0.39 is 0 Å². The van der Waals surface area contributed by atoms with E-state index in [0.29, 0.717) is 12.5 Å². The molecule has 0 unspecified atom stereocenters. The molecule has 6 heteroatoms. The number of aliphatic hydroxyl groups excluding tert-OH is 1. The van der Waals surface area contributed by atoms with Crippen molar-refractivity contribution in [2.75, 3.05) is 50.8 Å². The van der Waals surface area contributed by atoms with Crippen molar-refractivity contribution < 1.29 is 9.90 Å². The molecule has 1 saturated carbocycles. The minimum atomic E-state index is 0.0311. The number of anilines is 1. The van der Waals surface area contributed by atoms with Crippen LogP contribution in [0.3, 0.4) is 0 Å². The fourth-order valence-electron chi connectivity index (χ4n) is 4.63. The summed E-state index contributed by atoms with van der Waals surface area (Å²) in [7, 11) is 0. The standard InChI is InChI=1S/C26H38N4O2/c1-3-5-8-24(4-2)29-18-15-28(16-19-29)17-20-30(25-9-6-7-14-27-25)26(32)23-12-10-22(21-31)11-13-23/h3-9,14,22-23,31H,2,10-13,15-21H2,1H3/b5-3-,24-8+. The molecule has 0 bridgehead atoms. The lowest BCUT2D eigenvalue weighted by molar-refractivity contribution is -0.123. The van der Waals surface area contributed by atoms with Gasteiger partial charge in [0.25, 0.3) is 0 Å². The Hall–Kier alpha value is -2.44. The predicted molar refractivity (Wildman–Crippen MR) is 130 cm³/mol. The molecule has 2 aliphatic rings. The number of aromatic nitrogens is 1. The summed E-state index contributed by atoms with van der Waals surface area (Å²) in [4.78, 5) is 24.6. The molecule has 6 nitrogen and oxygen atoms in total. The van der Waals surface area contributed by atoms with Gasteiger partial charge in [-0.25, -0.2) is 4.98 Å². The van der Waals surface area contributed by atoms with Gasteiger partial charge in [-0.2, -0.15) is 0 Å². The van der Waals surface area contributed by atoms with Crippen LogP contribution in [0.2, 0.25) is 0 Å². The van der Waals surface area contributed by atoms with Gasteiger partial charge >= 0.3 is 0 Å². The first-order valence-corrected chi connectivity index (χ1v) is 11.9. The van der Waals surface area contributed by atoms with Gasteiger partial charge in [0.1, 0.15) is 5.82 Å². The number of hydrogen-bond acceptors (Lipinski definition) is 5. The Morgan fingerprint density at radius 2 is 1.97 bits per heavy atom. The SMILES string of the molecule is C=C/C(=C\C=C/C)N1CCN(CCN(C(=O)C2CCC(CO)CC2)c2ccccn2)CC1. The first-order chi connectivity index (χ1) is 15.7. The Morgan fingerprint density at radius 1 is 1.22 bits per heavy atom. The number of piperazine rings is 1. The van der Waals surface area contributed by atoms with Crippen LogP contribution in [0.5, 0.6) is 0 Å². The number of nitrogens with zero attached hydrogens (tertiary/aromatic N) is 4. The van der Waals surface area contributed by atoms with Gasteiger partial charge in [0, 0.05) is 63.7 Å². The van der Waals surface area contributed by atoms with Gasteiger partial charge in [-0.15, -0.1) is 0 Å². The van der Waals surface area contributed by atoms with Crippen molar-refractivity contribution in [2.24, 2.45) is 11.8 Å². The molecular weight excluding hydrogens is 400 g/mol. The van der Waals surface area contributed by atoms with Crippen LogP contribution in [0.4, 0.5) is 5.82 Å². The van der Waals surface area contributed by atoms with E-state index in [0.717, 1.165) is 69.9 Å². The summed E-state index contributed by atoms with van der Waals surface area (Å²) in [6, 6.07) is 5.76. The van der Waals surface area contributed by atoms with Crippen LogP contribution in [-0.2, 0) is 4.79 Å². The molecule has 0 atom stereocenters. The molecule has 0 spiro atoms. The lowest BCUT2D eigenvalue weighted by Crippen LogP contribution is -2.49. The number of rotatable bonds is 9. The topological polar surface area (TPSA) is 59.9 Å². The Kier molecular flexibility index (Phi) is 9.50. The Bertz CT molecular complexity index is 776. The van der Waals surface area contributed by atoms with Crippen molar-refractivity contribution in [2.45, 2.75) is 32.6 Å². The first-order valence-electron chi connectivity index (χ1n) is 11.9. The predicted octanol–water partition coefficient (Wildman–Crippen LogP) is 3.48. The zero-order valence-electron chi connectivity index (χ0n) is 19.4. The van der Waals surface area contributed by atoms with Gasteiger partial charge in [0.2, 0.25) is 5.91 Å². The number of hydrogen-bond donors (Lipinski definition) is 1. The van der Waals surface area contributed by atoms with Crippen LogP contribution in [0, 0.1) is 11.8 Å². The summed E-state index contributed by atoms with van der Waals surface area (Å²) >= 11 is 0. The fraction of sp³-hybridized carbons (Fsp3) is 0.538. The summed E-state index contributed by atoms with van der Waals surface area (Å²) in [5.41, 5.74) is 1.16. The highest BCUT2D eigenvalue weighted by Crippen LogP contribution is 2.30. The quantitative estimate of drug-likeness (QED) is 0.598. The number of pyridine rings is 1. The summed E-state index contributed by atoms with van der Waals surface area (Å²) in [6.45, 7) is 11.5. The van der Waals surface area contributed by atoms with Crippen molar-refractivity contribution in [3.63, 3.8) is 0 Å². The van der Waals surface area contributed by atoms with Crippen LogP contribution in [0.25, 0.3) is 0 Å². The summed E-state index contributed by atoms with van der Waals surface area (Å²) in [6.07, 6.45) is 13.4. The van der Waals surface area contributed by atoms with Crippen LogP contribution in [0.1, 0.15) is 32.6 Å². The van der Waals surface area contributed by atoms with Crippen molar-refractivity contribution in [1.29, 1.82) is 0 Å². The van der Waals surface area contributed by atoms with Crippen LogP contribution < -0.4 is 4.90 Å². The molecule has 0 aromatic carbocycles. The van der Waals surface area contributed by atoms with E-state index >= 15 is 0 Å². The van der Waals surface area contributed by atoms with Crippen LogP contribution in [-0.4, -0.2) is 71.7 Å². The van der Waals surface area contributed by atoms with Gasteiger partial charge < -0.3 is 10.0 Å². The molecule has 3 rings (SSSR count). The number of amides is 1. The number of carbonyl (C=O) groups is 1. The van der Waals surface area contributed by atoms with Crippen molar-refractivity contribution in [3.05, 3.63) is 61.0 Å². The molecule has 1 amide bonds. The van der Waals surface area contributed by atoms with Crippen molar-refractivity contribution in [3.8, 4) is 0 Å². The van der Waals surface area contributed by atoms with E-state index in [4.69, 9.17) is 0 Å². The first kappa shape index (κ1) is 24.2. The molecule has 1 N–H and O–H groups in total. The van der Waals surface area contributed by atoms with Gasteiger partial charge in [-0.3, -0.25) is 14.6 Å². The highest BCUT2D eigenvalue weighted by molar-refractivity contribution is 5.94. The van der Waals surface area contributed by atoms with Gasteiger partial charge in [-0.05, 0) is 62.8 Å². The molecular formula is C26H38N4O2. The number of carbonyl (C=O) groups excluding carboxylic acids is 1. The van der Waals surface area contributed by atoms with E-state index in [1.54, 1.807) is 6.20 Å². The van der Waals surface area contributed by atoms with E-state index in [1.165, 1.54) is 0 Å². The van der Waals surface area contributed by atoms with E-state index in [-0.39, 0.29) is 18.4 Å². The highest BCUT2D eigenvalue weighted by Gasteiger charge is 2.30. The summed E-state index contributed by atoms with van der Waals surface area (Å²) < 4.78 is 0. The maximum atomic E-state index is 13.4. The number of allylic oxidation sites excluding steroid dienone is 4. The Labute approximate surface area is 192 Å². The fourth-order valence-corrected chi connectivity index (χ4v) is 4.63. The second kappa shape index (κ2) is 12.6. The lowest BCUT2D eigenvalue weighted by Gasteiger charge is -2.38. The van der Waals surface area contributed by atoms with Crippen LogP contribution >= 0.6 is 0 Å². The van der Waals surface area contributed by atoms with Crippen molar-refractivity contribution in [1.82, 2.24) is 14.8 Å². The zero-order chi connectivity index (χ0) is 22.8. The van der Waals surface area contributed by atoms with Crippen LogP contribution in [0.15, 0.2) is 61.0 Å². The second-order valence-corrected chi connectivity index (χ2v) is 8.73. The molecule has 2 heterocycles. The number of aliphatic hydroxyl groups is 1. The third-order valence-electron chi connectivity index (χ3n) is 6.69. The summed E-state index contributed by atoms with van der Waals surface area (Å²) in [5, 5.41) is 9.42. The highest BCUT2D eigenvalue weighted by atomic mass is 16.3. The monoisotopic (exact) mass is 438 g/mol. The molecule has 1 aliphatic carbocycles. The maximum Gasteiger partial charge on any atom is 0.231 e. The Morgan fingerprint density at radius 3 is 2.56 bits per heavy atom. The molecule has 0 radical (unpaired) electrons. The smallest absolute Gasteiger partial charge is 0.231 e. The molecule has 1 saturated heterocycles. The Balaban J connectivity index is 1.58. The van der Waals surface area contributed by atoms with E-state index in [2.05, 4.69) is 27.4 Å². The van der Waals surface area contributed by atoms with Crippen molar-refractivity contribution >= 4 is 11.7 Å². The average molecular weight is 439 g/mol. The molecule has 174 valence electrons. The average Bonchev–Trinajstić information content (AvgIpc) is 2.86. The molecule has 32 heavy (non-hydrogen) atoms. The molecule has 1 aliphatic heterocycles. The van der Waals surface area contributed by atoms with Gasteiger partial charge in [0.05, 0.1) is 0 Å². The normalized spacial score (nSPS) is 22.8. The van der Waals surface area contributed by atoms with Gasteiger partial charge in [-0.1, -0.05) is 24.8 Å². The third kappa shape index (κ3) is 6.53. The van der Waals surface area contributed by atoms with Gasteiger partial charge in [0.15, 0.2) is 0 Å². The maximum absolute atomic E-state index is 13.4. The molecule has 1 aromatic heterocycles. The summed E-state index contributed by atoms with van der Waals surface area (Å²) in [5.74, 6) is 1.30. The minimum Gasteiger partial charge on any atom is -0.396 e. The van der Waals surface area contributed by atoms with E-state index in [9.17, 15) is 9.90 Å².